The molecule has 12 heavy (non-hydrogen) atoms. The lowest BCUT2D eigenvalue weighted by atomic mass is 10.4. The molecule has 0 aromatic heterocycles. The maximum Gasteiger partial charge on any atom is 0.703 e. The number of hydrogen-bond acceptors (Lipinski definition) is 5. The number of hydrogen-bond donors (Lipinski definition) is 4. The van der Waals surface area contributed by atoms with Gasteiger partial charge in [-0.15, -0.1) is 0 Å². The Kier molecular flexibility index (Phi) is 6.65. The standard InChI is InChI=1S/C4H6O2.FH3O4Si/c1-3(2)4(5)6;1-5-6(2,3)4/h1H2,2H3,(H,5,6);2-4H. The first-order chi connectivity index (χ1) is 5.20. The largest absolute Gasteiger partial charge is 0.703 e. The molecule has 0 unspecified atom stereocenters. The van der Waals surface area contributed by atoms with E-state index in [1.165, 1.54) is 6.92 Å². The van der Waals surface area contributed by atoms with Crippen molar-refractivity contribution in [3.05, 3.63) is 12.2 Å². The SMILES string of the molecule is C=C(C)C(=O)O.O[Si](O)(O)OF. The lowest BCUT2D eigenvalue weighted by molar-refractivity contribution is -0.132. The molecule has 72 valence electrons. The Morgan fingerprint density at radius 3 is 1.67 bits per heavy atom. The minimum Gasteiger partial charge on any atom is -0.478 e. The van der Waals surface area contributed by atoms with Gasteiger partial charge in [-0.2, -0.15) is 4.63 Å². The van der Waals surface area contributed by atoms with Gasteiger partial charge in [0.2, 0.25) is 0 Å². The molecule has 0 fully saturated rings. The highest BCUT2D eigenvalue weighted by Crippen LogP contribution is 1.85. The summed E-state index contributed by atoms with van der Waals surface area (Å²) in [7, 11) is -4.80. The Bertz CT molecular complexity index is 151. The highest BCUT2D eigenvalue weighted by atomic mass is 28.4. The zero-order valence-corrected chi connectivity index (χ0v) is 7.19. The van der Waals surface area contributed by atoms with E-state index in [2.05, 4.69) is 11.2 Å². The van der Waals surface area contributed by atoms with E-state index in [4.69, 9.17) is 19.5 Å². The average Bonchev–Trinajstić information content (AvgIpc) is 1.87. The van der Waals surface area contributed by atoms with Gasteiger partial charge in [-0.05, 0) is 6.92 Å². The van der Waals surface area contributed by atoms with E-state index in [1.54, 1.807) is 0 Å². The number of rotatable bonds is 2. The van der Waals surface area contributed by atoms with Gasteiger partial charge < -0.3 is 19.5 Å². The molecule has 0 saturated carbocycles. The van der Waals surface area contributed by atoms with Crippen LogP contribution in [0.15, 0.2) is 12.2 Å². The monoisotopic (exact) mass is 200 g/mol. The Morgan fingerprint density at radius 1 is 1.50 bits per heavy atom. The molecule has 0 saturated heterocycles. The van der Waals surface area contributed by atoms with E-state index in [-0.39, 0.29) is 5.57 Å². The average molecular weight is 200 g/mol. The summed E-state index contributed by atoms with van der Waals surface area (Å²) in [5.41, 5.74) is 0.176. The zero-order chi connectivity index (χ0) is 10.4. The summed E-state index contributed by atoms with van der Waals surface area (Å²) in [4.78, 5) is 32.0. The van der Waals surface area contributed by atoms with Crippen molar-refractivity contribution in [2.45, 2.75) is 6.92 Å². The summed E-state index contributed by atoms with van der Waals surface area (Å²) in [5.74, 6) is -0.935. The molecule has 0 atom stereocenters. The van der Waals surface area contributed by atoms with Crippen LogP contribution in [0.2, 0.25) is 0 Å². The summed E-state index contributed by atoms with van der Waals surface area (Å²) in [6.07, 6.45) is 0. The molecule has 0 aliphatic heterocycles. The third kappa shape index (κ3) is 16.1. The summed E-state index contributed by atoms with van der Waals surface area (Å²) in [5, 5.41) is 7.89. The van der Waals surface area contributed by atoms with E-state index >= 15 is 0 Å². The quantitative estimate of drug-likeness (QED) is 0.334. The van der Waals surface area contributed by atoms with Crippen molar-refractivity contribution in [3.8, 4) is 0 Å². The van der Waals surface area contributed by atoms with Crippen LogP contribution in [0.25, 0.3) is 0 Å². The Balaban J connectivity index is 0. The van der Waals surface area contributed by atoms with Crippen molar-refractivity contribution in [1.29, 1.82) is 0 Å². The summed E-state index contributed by atoms with van der Waals surface area (Å²) >= 11 is 0. The van der Waals surface area contributed by atoms with Crippen molar-refractivity contribution in [3.63, 3.8) is 0 Å². The second-order valence-corrected chi connectivity index (χ2v) is 3.04. The third-order valence-electron chi connectivity index (χ3n) is 0.469. The van der Waals surface area contributed by atoms with Crippen LogP contribution in [0.4, 0.5) is 4.53 Å². The van der Waals surface area contributed by atoms with Crippen molar-refractivity contribution >= 4 is 15.0 Å². The van der Waals surface area contributed by atoms with E-state index in [1.807, 2.05) is 0 Å². The minimum atomic E-state index is -4.80. The second-order valence-electron chi connectivity index (χ2n) is 1.74. The molecule has 0 spiro atoms. The molecular weight excluding hydrogens is 191 g/mol. The van der Waals surface area contributed by atoms with Gasteiger partial charge in [0.15, 0.2) is 0 Å². The molecule has 0 rings (SSSR count). The van der Waals surface area contributed by atoms with Gasteiger partial charge >= 0.3 is 15.0 Å². The highest BCUT2D eigenvalue weighted by Gasteiger charge is 2.31. The number of carbonyl (C=O) groups is 1. The molecular formula is C4H9FO6Si. The van der Waals surface area contributed by atoms with Gasteiger partial charge in [0.25, 0.3) is 0 Å². The van der Waals surface area contributed by atoms with Crippen molar-refractivity contribution in [2.24, 2.45) is 0 Å². The molecule has 0 heterocycles. The van der Waals surface area contributed by atoms with Crippen LogP contribution in [0.1, 0.15) is 6.92 Å². The first kappa shape index (κ1) is 13.8. The van der Waals surface area contributed by atoms with Crippen LogP contribution in [-0.2, 0) is 9.43 Å². The maximum absolute atomic E-state index is 10.3. The number of carboxylic acids is 1. The lowest BCUT2D eigenvalue weighted by Crippen LogP contribution is -2.35. The molecule has 0 amide bonds. The van der Waals surface area contributed by atoms with E-state index in [9.17, 15) is 9.32 Å². The predicted octanol–water partition coefficient (Wildman–Crippen LogP) is -1.05. The first-order valence-corrected chi connectivity index (χ1v) is 4.31. The first-order valence-electron chi connectivity index (χ1n) is 2.56. The minimum absolute atomic E-state index is 0.176. The molecule has 6 nitrogen and oxygen atoms in total. The molecule has 0 aromatic rings. The van der Waals surface area contributed by atoms with E-state index in [0.29, 0.717) is 0 Å². The molecule has 0 bridgehead atoms. The second kappa shape index (κ2) is 5.80. The van der Waals surface area contributed by atoms with E-state index in [0.717, 1.165) is 0 Å². The predicted molar refractivity (Wildman–Crippen MR) is 37.1 cm³/mol. The molecule has 0 radical (unpaired) electrons. The van der Waals surface area contributed by atoms with Gasteiger partial charge in [0.05, 0.1) is 0 Å². The van der Waals surface area contributed by atoms with Crippen LogP contribution in [0.5, 0.6) is 0 Å². The van der Waals surface area contributed by atoms with E-state index < -0.39 is 15.0 Å². The zero-order valence-electron chi connectivity index (χ0n) is 6.19. The van der Waals surface area contributed by atoms with Crippen LogP contribution >= 0.6 is 0 Å². The van der Waals surface area contributed by atoms with Crippen LogP contribution in [0, 0.1) is 0 Å². The molecule has 0 aromatic carbocycles. The fourth-order valence-corrected chi connectivity index (χ4v) is 0. The van der Waals surface area contributed by atoms with Gasteiger partial charge in [0, 0.05) is 5.57 Å². The van der Waals surface area contributed by atoms with Gasteiger partial charge in [-0.1, -0.05) is 11.1 Å². The highest BCUT2D eigenvalue weighted by molar-refractivity contribution is 6.48. The summed E-state index contributed by atoms with van der Waals surface area (Å²) in [6.45, 7) is 4.60. The van der Waals surface area contributed by atoms with Crippen molar-refractivity contribution in [2.75, 3.05) is 0 Å². The number of carboxylic acid groups (broad SMARTS) is 1. The smallest absolute Gasteiger partial charge is 0.478 e. The van der Waals surface area contributed by atoms with Crippen LogP contribution in [0.3, 0.4) is 0 Å². The van der Waals surface area contributed by atoms with Gasteiger partial charge in [0.1, 0.15) is 0 Å². The topological polar surface area (TPSA) is 107 Å². The molecule has 4 N–H and O–H groups in total. The van der Waals surface area contributed by atoms with Crippen molar-refractivity contribution in [1.82, 2.24) is 0 Å². The molecule has 8 heteroatoms. The van der Waals surface area contributed by atoms with Crippen molar-refractivity contribution < 1.29 is 33.4 Å². The van der Waals surface area contributed by atoms with Crippen LogP contribution in [-0.4, -0.2) is 34.5 Å². The molecule has 0 aliphatic rings. The fourth-order valence-electron chi connectivity index (χ4n) is 0. The fraction of sp³-hybridized carbons (Fsp3) is 0.250. The summed E-state index contributed by atoms with van der Waals surface area (Å²) < 4.78 is 12.6. The van der Waals surface area contributed by atoms with Gasteiger partial charge in [-0.25, -0.2) is 4.79 Å². The Labute approximate surface area is 68.5 Å². The summed E-state index contributed by atoms with van der Waals surface area (Å²) in [6, 6.07) is 0. The Hall–Kier alpha value is -0.803. The number of halogens is 1. The Morgan fingerprint density at radius 2 is 1.67 bits per heavy atom. The third-order valence-corrected chi connectivity index (χ3v) is 0.676. The lowest BCUT2D eigenvalue weighted by Gasteiger charge is -1.96. The maximum atomic E-state index is 10.3. The van der Waals surface area contributed by atoms with Gasteiger partial charge in [-0.3, -0.25) is 0 Å². The normalized spacial score (nSPS) is 9.75. The van der Waals surface area contributed by atoms with Crippen LogP contribution < -0.4 is 0 Å². The molecule has 0 aliphatic carbocycles. The number of aliphatic carboxylic acids is 1.